The summed E-state index contributed by atoms with van der Waals surface area (Å²) in [5.41, 5.74) is 3.15. The summed E-state index contributed by atoms with van der Waals surface area (Å²) in [6.07, 6.45) is 1.58. The molecular weight excluding hydrogens is 448 g/mol. The molecule has 0 aliphatic carbocycles. The lowest BCUT2D eigenvalue weighted by molar-refractivity contribution is 0.0754. The fraction of sp³-hybridized carbons (Fsp3) is 0.423. The van der Waals surface area contributed by atoms with E-state index in [1.807, 2.05) is 61.8 Å². The van der Waals surface area contributed by atoms with Crippen molar-refractivity contribution in [1.29, 1.82) is 0 Å². The molecule has 0 fully saturated rings. The average molecular weight is 485 g/mol. The molecule has 9 heteroatoms. The summed E-state index contributed by atoms with van der Waals surface area (Å²) in [5, 5.41) is 28.7. The second-order valence-corrected chi connectivity index (χ2v) is 8.27. The topological polar surface area (TPSA) is 112 Å². The highest BCUT2D eigenvalue weighted by Crippen LogP contribution is 2.24. The summed E-state index contributed by atoms with van der Waals surface area (Å²) in [6, 6.07) is 15.2. The van der Waals surface area contributed by atoms with Crippen LogP contribution in [0.3, 0.4) is 0 Å². The predicted octanol–water partition coefficient (Wildman–Crippen LogP) is 2.31. The number of aliphatic hydroxyl groups excluding tert-OH is 2. The highest BCUT2D eigenvalue weighted by molar-refractivity contribution is 5.63. The van der Waals surface area contributed by atoms with Gasteiger partial charge in [-0.1, -0.05) is 0 Å². The molecule has 9 nitrogen and oxygen atoms in total. The number of H-pyrrole nitrogens is 1. The smallest absolute Gasteiger partial charge is 0.122 e. The highest BCUT2D eigenvalue weighted by atomic mass is 16.5. The third kappa shape index (κ3) is 8.88. The largest absolute Gasteiger partial charge is 0.493 e. The minimum absolute atomic E-state index is 0.261. The van der Waals surface area contributed by atoms with Gasteiger partial charge in [0.15, 0.2) is 0 Å². The van der Waals surface area contributed by atoms with E-state index < -0.39 is 6.10 Å². The van der Waals surface area contributed by atoms with E-state index in [1.54, 1.807) is 0 Å². The van der Waals surface area contributed by atoms with E-state index in [4.69, 9.17) is 19.3 Å². The van der Waals surface area contributed by atoms with Crippen molar-refractivity contribution in [3.05, 3.63) is 60.3 Å². The average Bonchev–Trinajstić information content (AvgIpc) is 3.34. The zero-order valence-electron chi connectivity index (χ0n) is 20.4. The van der Waals surface area contributed by atoms with Gasteiger partial charge in [0.25, 0.3) is 0 Å². The van der Waals surface area contributed by atoms with Gasteiger partial charge in [-0.2, -0.15) is 5.10 Å². The van der Waals surface area contributed by atoms with Gasteiger partial charge in [0.05, 0.1) is 25.0 Å². The van der Waals surface area contributed by atoms with Crippen molar-refractivity contribution in [3.63, 3.8) is 0 Å². The quantitative estimate of drug-likeness (QED) is 0.229. The Morgan fingerprint density at radius 2 is 1.51 bits per heavy atom. The molecule has 2 aromatic carbocycles. The van der Waals surface area contributed by atoms with Crippen LogP contribution in [0.2, 0.25) is 0 Å². The molecule has 1 atom stereocenters. The predicted molar refractivity (Wildman–Crippen MR) is 135 cm³/mol. The monoisotopic (exact) mass is 484 g/mol. The van der Waals surface area contributed by atoms with E-state index in [-0.39, 0.29) is 6.61 Å². The number of aromatic nitrogens is 2. The molecule has 0 saturated carbocycles. The van der Waals surface area contributed by atoms with E-state index >= 15 is 0 Å². The SMILES string of the molecule is CNCCN(C)Cc1c[nH]nc1-c1ccc(OCCOc2ccc(OCCC(O)CO)cc2)cc1. The van der Waals surface area contributed by atoms with E-state index in [1.165, 1.54) is 0 Å². The Bertz CT molecular complexity index is 978. The summed E-state index contributed by atoms with van der Waals surface area (Å²) in [4.78, 5) is 2.26. The van der Waals surface area contributed by atoms with Crippen LogP contribution in [-0.2, 0) is 6.54 Å². The lowest BCUT2D eigenvalue weighted by atomic mass is 10.1. The minimum atomic E-state index is -0.753. The maximum absolute atomic E-state index is 9.33. The molecule has 190 valence electrons. The normalized spacial score (nSPS) is 12.0. The number of nitrogens with zero attached hydrogens (tertiary/aromatic N) is 2. The molecular formula is C26H36N4O5. The molecule has 3 aromatic rings. The molecule has 0 radical (unpaired) electrons. The fourth-order valence-electron chi connectivity index (χ4n) is 3.42. The van der Waals surface area contributed by atoms with Crippen LogP contribution < -0.4 is 19.5 Å². The van der Waals surface area contributed by atoms with Gasteiger partial charge in [-0.3, -0.25) is 5.10 Å². The van der Waals surface area contributed by atoms with Crippen molar-refractivity contribution in [1.82, 2.24) is 20.4 Å². The number of benzene rings is 2. The Hall–Kier alpha value is -3.11. The second-order valence-electron chi connectivity index (χ2n) is 8.27. The van der Waals surface area contributed by atoms with Gasteiger partial charge in [-0.05, 0) is 62.6 Å². The van der Waals surface area contributed by atoms with Gasteiger partial charge in [-0.25, -0.2) is 0 Å². The third-order valence-corrected chi connectivity index (χ3v) is 5.41. The lowest BCUT2D eigenvalue weighted by Crippen LogP contribution is -2.26. The van der Waals surface area contributed by atoms with Crippen LogP contribution in [0, 0.1) is 0 Å². The van der Waals surface area contributed by atoms with Gasteiger partial charge >= 0.3 is 0 Å². The summed E-state index contributed by atoms with van der Waals surface area (Å²) < 4.78 is 17.1. The Labute approximate surface area is 206 Å². The first kappa shape index (κ1) is 26.5. The molecule has 0 bridgehead atoms. The number of nitrogens with one attached hydrogen (secondary N) is 2. The fourth-order valence-corrected chi connectivity index (χ4v) is 3.42. The molecule has 0 spiro atoms. The van der Waals surface area contributed by atoms with Gasteiger partial charge in [0.1, 0.15) is 30.5 Å². The zero-order chi connectivity index (χ0) is 24.9. The maximum atomic E-state index is 9.33. The number of likely N-dealkylation sites (N-methyl/N-ethyl adjacent to an activating group) is 2. The Morgan fingerprint density at radius 3 is 2.09 bits per heavy atom. The molecule has 4 N–H and O–H groups in total. The van der Waals surface area contributed by atoms with Gasteiger partial charge in [0, 0.05) is 43.4 Å². The second kappa shape index (κ2) is 14.3. The first-order chi connectivity index (χ1) is 17.1. The Balaban J connectivity index is 1.40. The summed E-state index contributed by atoms with van der Waals surface area (Å²) >= 11 is 0. The molecule has 0 saturated heterocycles. The Morgan fingerprint density at radius 1 is 0.943 bits per heavy atom. The maximum Gasteiger partial charge on any atom is 0.122 e. The van der Waals surface area contributed by atoms with E-state index in [2.05, 4.69) is 27.5 Å². The van der Waals surface area contributed by atoms with E-state index in [9.17, 15) is 5.11 Å². The number of rotatable bonds is 16. The van der Waals surface area contributed by atoms with Crippen molar-refractivity contribution in [2.75, 3.05) is 53.6 Å². The van der Waals surface area contributed by atoms with Crippen molar-refractivity contribution >= 4 is 0 Å². The van der Waals surface area contributed by atoms with Gasteiger partial charge in [-0.15, -0.1) is 0 Å². The molecule has 1 aromatic heterocycles. The minimum Gasteiger partial charge on any atom is -0.493 e. The van der Waals surface area contributed by atoms with Crippen molar-refractivity contribution in [2.45, 2.75) is 19.1 Å². The van der Waals surface area contributed by atoms with Gasteiger partial charge in [0.2, 0.25) is 0 Å². The van der Waals surface area contributed by atoms with Crippen molar-refractivity contribution in [2.24, 2.45) is 0 Å². The number of aliphatic hydroxyl groups is 2. The number of aromatic amines is 1. The van der Waals surface area contributed by atoms with Crippen LogP contribution in [0.15, 0.2) is 54.7 Å². The molecule has 1 unspecified atom stereocenters. The van der Waals surface area contributed by atoms with Gasteiger partial charge < -0.3 is 34.6 Å². The lowest BCUT2D eigenvalue weighted by Gasteiger charge is -2.16. The molecule has 0 aliphatic rings. The van der Waals surface area contributed by atoms with Crippen LogP contribution in [0.5, 0.6) is 17.2 Å². The summed E-state index contributed by atoms with van der Waals surface area (Å²) in [7, 11) is 4.06. The number of hydrogen-bond donors (Lipinski definition) is 4. The van der Waals surface area contributed by atoms with E-state index in [0.717, 1.165) is 48.0 Å². The van der Waals surface area contributed by atoms with E-state index in [0.29, 0.717) is 32.0 Å². The molecule has 35 heavy (non-hydrogen) atoms. The Kier molecular flexibility index (Phi) is 10.8. The first-order valence-corrected chi connectivity index (χ1v) is 11.8. The molecule has 0 amide bonds. The van der Waals surface area contributed by atoms with Crippen molar-refractivity contribution < 1.29 is 24.4 Å². The molecule has 3 rings (SSSR count). The van der Waals surface area contributed by atoms with Crippen LogP contribution >= 0.6 is 0 Å². The molecule has 0 aliphatic heterocycles. The standard InChI is InChI=1S/C26H36N4O5/c1-27-12-13-30(2)18-21-17-28-29-26(21)20-3-5-23(6-4-20)34-15-16-35-25-9-7-24(8-10-25)33-14-11-22(32)19-31/h3-10,17,22,27,31-32H,11-16,18-19H2,1-2H3,(H,28,29). The first-order valence-electron chi connectivity index (χ1n) is 11.8. The third-order valence-electron chi connectivity index (χ3n) is 5.41. The van der Waals surface area contributed by atoms with Crippen LogP contribution in [0.1, 0.15) is 12.0 Å². The number of hydrogen-bond acceptors (Lipinski definition) is 8. The van der Waals surface area contributed by atoms with Crippen LogP contribution in [0.4, 0.5) is 0 Å². The van der Waals surface area contributed by atoms with Crippen molar-refractivity contribution in [3.8, 4) is 28.5 Å². The van der Waals surface area contributed by atoms with Crippen LogP contribution in [-0.4, -0.2) is 85.0 Å². The summed E-state index contributed by atoms with van der Waals surface area (Å²) in [5.74, 6) is 2.18. The number of ether oxygens (including phenoxy) is 3. The highest BCUT2D eigenvalue weighted by Gasteiger charge is 2.11. The molecule has 1 heterocycles. The summed E-state index contributed by atoms with van der Waals surface area (Å²) in [6.45, 7) is 3.63. The zero-order valence-corrected chi connectivity index (χ0v) is 20.4. The van der Waals surface area contributed by atoms with Crippen LogP contribution in [0.25, 0.3) is 11.3 Å².